The molecule has 1 N–H and O–H groups in total. The molecule has 128 valence electrons. The minimum Gasteiger partial charge on any atom is -0.297 e. The molecule has 2 aromatic carbocycles. The van der Waals surface area contributed by atoms with Gasteiger partial charge in [-0.1, -0.05) is 58.4 Å². The van der Waals surface area contributed by atoms with Gasteiger partial charge in [0.2, 0.25) is 0 Å². The van der Waals surface area contributed by atoms with Crippen LogP contribution in [0.2, 0.25) is 0 Å². The lowest BCUT2D eigenvalue weighted by Crippen LogP contribution is -2.13. The molecule has 0 saturated heterocycles. The summed E-state index contributed by atoms with van der Waals surface area (Å²) in [6.07, 6.45) is 1.56. The second kappa shape index (κ2) is 8.09. The number of amides is 1. The number of carbonyl (C=O) groups is 1. The van der Waals surface area contributed by atoms with Crippen LogP contribution in [0.5, 0.6) is 0 Å². The zero-order valence-electron chi connectivity index (χ0n) is 13.9. The van der Waals surface area contributed by atoms with Crippen LogP contribution in [0.1, 0.15) is 10.4 Å². The lowest BCUT2D eigenvalue weighted by Gasteiger charge is -2.01. The van der Waals surface area contributed by atoms with Crippen LogP contribution < -0.4 is 5.32 Å². The third-order valence-electron chi connectivity index (χ3n) is 3.61. The Morgan fingerprint density at radius 2 is 1.88 bits per heavy atom. The van der Waals surface area contributed by atoms with E-state index in [1.165, 1.54) is 11.3 Å². The maximum Gasteiger partial charge on any atom is 0.268 e. The van der Waals surface area contributed by atoms with Crippen LogP contribution in [0, 0.1) is 18.3 Å². The van der Waals surface area contributed by atoms with Crippen molar-refractivity contribution < 1.29 is 4.79 Å². The fourth-order valence-corrected chi connectivity index (χ4v) is 3.45. The van der Waals surface area contributed by atoms with Crippen molar-refractivity contribution >= 4 is 44.4 Å². The maximum atomic E-state index is 12.4. The number of nitrogens with one attached hydrogen (secondary N) is 1. The van der Waals surface area contributed by atoms with E-state index in [1.807, 2.05) is 67.6 Å². The average Bonchev–Trinajstić information content (AvgIpc) is 3.01. The number of halogens is 1. The molecule has 0 atom stereocenters. The molecular weight excluding hydrogens is 410 g/mol. The van der Waals surface area contributed by atoms with Crippen LogP contribution >= 0.6 is 27.3 Å². The third-order valence-corrected chi connectivity index (χ3v) is 5.03. The van der Waals surface area contributed by atoms with Gasteiger partial charge in [0.1, 0.15) is 11.6 Å². The molecule has 3 rings (SSSR count). The molecule has 26 heavy (non-hydrogen) atoms. The molecule has 0 spiro atoms. The van der Waals surface area contributed by atoms with E-state index in [0.29, 0.717) is 5.13 Å². The number of rotatable bonds is 4. The first kappa shape index (κ1) is 18.1. The average molecular weight is 424 g/mol. The predicted octanol–water partition coefficient (Wildman–Crippen LogP) is 5.43. The fourth-order valence-electron chi connectivity index (χ4n) is 2.35. The van der Waals surface area contributed by atoms with E-state index >= 15 is 0 Å². The molecule has 0 saturated carbocycles. The molecule has 0 fully saturated rings. The Labute approximate surface area is 164 Å². The molecule has 0 bridgehead atoms. The Morgan fingerprint density at radius 3 is 2.54 bits per heavy atom. The van der Waals surface area contributed by atoms with E-state index in [0.717, 1.165) is 26.2 Å². The van der Waals surface area contributed by atoms with Crippen molar-refractivity contribution in [2.45, 2.75) is 6.92 Å². The Kier molecular flexibility index (Phi) is 5.61. The van der Waals surface area contributed by atoms with Crippen molar-refractivity contribution in [1.29, 1.82) is 5.26 Å². The molecule has 0 aliphatic rings. The maximum absolute atomic E-state index is 12.4. The molecule has 4 nitrogen and oxygen atoms in total. The molecule has 6 heteroatoms. The Balaban J connectivity index is 1.81. The molecular formula is C20H14BrN3OS. The number of nitrogens with zero attached hydrogens (tertiary/aromatic N) is 2. The minimum atomic E-state index is -0.465. The van der Waals surface area contributed by atoms with E-state index < -0.39 is 5.91 Å². The number of thiazole rings is 1. The number of aromatic nitrogens is 1. The van der Waals surface area contributed by atoms with Gasteiger partial charge in [-0.05, 0) is 30.7 Å². The van der Waals surface area contributed by atoms with E-state index in [2.05, 4.69) is 26.2 Å². The number of anilines is 1. The van der Waals surface area contributed by atoms with E-state index in [1.54, 1.807) is 6.08 Å². The SMILES string of the molecule is Cc1sc(NC(=O)/C(C#N)=C/c2ccccc2)nc1-c1ccc(Br)cc1. The number of hydrogen-bond donors (Lipinski definition) is 1. The van der Waals surface area contributed by atoms with Crippen molar-refractivity contribution in [2.24, 2.45) is 0 Å². The van der Waals surface area contributed by atoms with Crippen LogP contribution in [0.4, 0.5) is 5.13 Å². The summed E-state index contributed by atoms with van der Waals surface area (Å²) in [5.74, 6) is -0.465. The van der Waals surface area contributed by atoms with Crippen molar-refractivity contribution in [3.8, 4) is 17.3 Å². The van der Waals surface area contributed by atoms with E-state index in [-0.39, 0.29) is 5.57 Å². The van der Waals surface area contributed by atoms with Gasteiger partial charge in [-0.25, -0.2) is 4.98 Å². The summed E-state index contributed by atoms with van der Waals surface area (Å²) in [5, 5.41) is 12.5. The summed E-state index contributed by atoms with van der Waals surface area (Å²) >= 11 is 4.80. The molecule has 0 radical (unpaired) electrons. The molecule has 0 aliphatic carbocycles. The van der Waals surface area contributed by atoms with Gasteiger partial charge in [-0.15, -0.1) is 11.3 Å². The highest BCUT2D eigenvalue weighted by Crippen LogP contribution is 2.31. The van der Waals surface area contributed by atoms with Crippen molar-refractivity contribution in [3.05, 3.63) is 75.1 Å². The van der Waals surface area contributed by atoms with Gasteiger partial charge in [-0.2, -0.15) is 5.26 Å². The number of aryl methyl sites for hydroxylation is 1. The van der Waals surface area contributed by atoms with Crippen molar-refractivity contribution in [1.82, 2.24) is 4.98 Å². The topological polar surface area (TPSA) is 65.8 Å². The van der Waals surface area contributed by atoms with Gasteiger partial charge in [0.05, 0.1) is 5.69 Å². The largest absolute Gasteiger partial charge is 0.297 e. The minimum absolute atomic E-state index is 0.0363. The zero-order chi connectivity index (χ0) is 18.5. The third kappa shape index (κ3) is 4.26. The fraction of sp³-hybridized carbons (Fsp3) is 0.0500. The number of carbonyl (C=O) groups excluding carboxylic acids is 1. The normalized spacial score (nSPS) is 11.0. The van der Waals surface area contributed by atoms with Crippen LogP contribution in [-0.2, 0) is 4.79 Å². The number of hydrogen-bond acceptors (Lipinski definition) is 4. The van der Waals surface area contributed by atoms with E-state index in [4.69, 9.17) is 0 Å². The highest BCUT2D eigenvalue weighted by atomic mass is 79.9. The monoisotopic (exact) mass is 423 g/mol. The van der Waals surface area contributed by atoms with Crippen LogP contribution in [0.15, 0.2) is 64.6 Å². The predicted molar refractivity (Wildman–Crippen MR) is 109 cm³/mol. The highest BCUT2D eigenvalue weighted by Gasteiger charge is 2.15. The van der Waals surface area contributed by atoms with E-state index in [9.17, 15) is 10.1 Å². The van der Waals surface area contributed by atoms with Crippen LogP contribution in [0.3, 0.4) is 0 Å². The van der Waals surface area contributed by atoms with Gasteiger partial charge < -0.3 is 0 Å². The summed E-state index contributed by atoms with van der Waals surface area (Å²) in [6.45, 7) is 1.95. The second-order valence-electron chi connectivity index (χ2n) is 5.47. The molecule has 1 aromatic heterocycles. The standard InChI is InChI=1S/C20H14BrN3OS/c1-13-18(15-7-9-17(21)10-8-15)23-20(26-13)24-19(25)16(12-22)11-14-5-3-2-4-6-14/h2-11H,1H3,(H,23,24,25)/b16-11+. The van der Waals surface area contributed by atoms with Gasteiger partial charge in [0.25, 0.3) is 5.91 Å². The Hall–Kier alpha value is -2.75. The summed E-state index contributed by atoms with van der Waals surface area (Å²) in [4.78, 5) is 17.9. The number of nitriles is 1. The first-order chi connectivity index (χ1) is 12.6. The van der Waals surface area contributed by atoms with Gasteiger partial charge in [-0.3, -0.25) is 10.1 Å². The molecule has 3 aromatic rings. The summed E-state index contributed by atoms with van der Waals surface area (Å²) in [6, 6.07) is 19.0. The van der Waals surface area contributed by atoms with Crippen LogP contribution in [0.25, 0.3) is 17.3 Å². The van der Waals surface area contributed by atoms with Crippen molar-refractivity contribution in [3.63, 3.8) is 0 Å². The van der Waals surface area contributed by atoms with Crippen LogP contribution in [-0.4, -0.2) is 10.9 Å². The first-order valence-electron chi connectivity index (χ1n) is 7.78. The quantitative estimate of drug-likeness (QED) is 0.449. The summed E-state index contributed by atoms with van der Waals surface area (Å²) in [7, 11) is 0. The summed E-state index contributed by atoms with van der Waals surface area (Å²) in [5.41, 5.74) is 2.63. The zero-order valence-corrected chi connectivity index (χ0v) is 16.3. The summed E-state index contributed by atoms with van der Waals surface area (Å²) < 4.78 is 0.993. The first-order valence-corrected chi connectivity index (χ1v) is 9.39. The van der Waals surface area contributed by atoms with Gasteiger partial charge in [0.15, 0.2) is 5.13 Å². The molecule has 0 aliphatic heterocycles. The second-order valence-corrected chi connectivity index (χ2v) is 7.58. The lowest BCUT2D eigenvalue weighted by molar-refractivity contribution is -0.112. The lowest BCUT2D eigenvalue weighted by atomic mass is 10.1. The Morgan fingerprint density at radius 1 is 1.19 bits per heavy atom. The molecule has 0 unspecified atom stereocenters. The molecule has 1 heterocycles. The Bertz CT molecular complexity index is 1000. The van der Waals surface area contributed by atoms with Crippen molar-refractivity contribution in [2.75, 3.05) is 5.32 Å². The van der Waals surface area contributed by atoms with Gasteiger partial charge >= 0.3 is 0 Å². The smallest absolute Gasteiger partial charge is 0.268 e. The number of benzene rings is 2. The van der Waals surface area contributed by atoms with Gasteiger partial charge in [0, 0.05) is 14.9 Å². The highest BCUT2D eigenvalue weighted by molar-refractivity contribution is 9.10. The molecule has 1 amide bonds.